The van der Waals surface area contributed by atoms with Crippen LogP contribution in [0.25, 0.3) is 11.3 Å². The summed E-state index contributed by atoms with van der Waals surface area (Å²) in [5, 5.41) is 20.5. The lowest BCUT2D eigenvalue weighted by Crippen LogP contribution is -2.47. The lowest BCUT2D eigenvalue weighted by Gasteiger charge is -2.31. The maximum Gasteiger partial charge on any atom is 0.328 e. The number of rotatable bonds is 6. The topological polar surface area (TPSA) is 170 Å². The van der Waals surface area contributed by atoms with E-state index in [1.165, 1.54) is 21.8 Å². The number of pyridine rings is 1. The first-order valence-electron chi connectivity index (χ1n) is 11.7. The summed E-state index contributed by atoms with van der Waals surface area (Å²) in [5.41, 5.74) is 5.62. The highest BCUT2D eigenvalue weighted by Crippen LogP contribution is 2.39. The number of benzene rings is 1. The smallest absolute Gasteiger partial charge is 0.328 e. The van der Waals surface area contributed by atoms with E-state index in [1.807, 2.05) is 30.6 Å². The van der Waals surface area contributed by atoms with Crippen LogP contribution in [0.5, 0.6) is 0 Å². The first-order chi connectivity index (χ1) is 18.6. The molecule has 1 amide bonds. The predicted octanol–water partition coefficient (Wildman–Crippen LogP) is 1.94. The number of hydrogen-bond donors (Lipinski definition) is 3. The monoisotopic (exact) mass is 571 g/mol. The van der Waals surface area contributed by atoms with Gasteiger partial charge in [-0.3, -0.25) is 9.78 Å². The third-order valence-electron chi connectivity index (χ3n) is 6.13. The number of aromatic nitrogens is 2. The number of likely N-dealkylation sites (N-methyl/N-ethyl adjacent to an activating group) is 1. The Hall–Kier alpha value is -3.98. The number of carbonyl (C=O) groups excluding carboxylic acids is 1. The molecule has 1 fully saturated rings. The van der Waals surface area contributed by atoms with Gasteiger partial charge in [0.25, 0.3) is 0 Å². The Labute approximate surface area is 228 Å². The number of aliphatic carboxylic acids is 2. The van der Waals surface area contributed by atoms with Gasteiger partial charge in [0.15, 0.2) is 0 Å². The van der Waals surface area contributed by atoms with Crippen LogP contribution in [0.3, 0.4) is 0 Å². The zero-order valence-corrected chi connectivity index (χ0v) is 22.4. The Morgan fingerprint density at radius 2 is 1.74 bits per heavy atom. The van der Waals surface area contributed by atoms with Crippen molar-refractivity contribution in [2.45, 2.75) is 10.8 Å². The second-order valence-electron chi connectivity index (χ2n) is 8.73. The summed E-state index contributed by atoms with van der Waals surface area (Å²) >= 11 is 1.51. The molecule has 0 radical (unpaired) electrons. The maximum absolute atomic E-state index is 12.9. The predicted molar refractivity (Wildman–Crippen MR) is 143 cm³/mol. The molecule has 2 aromatic heterocycles. The Morgan fingerprint density at radius 1 is 1.05 bits per heavy atom. The summed E-state index contributed by atoms with van der Waals surface area (Å²) < 4.78 is 27.4. The second-order valence-corrected chi connectivity index (χ2v) is 11.4. The number of fused-ring (bicyclic) bond motifs is 1. The highest BCUT2D eigenvalue weighted by Gasteiger charge is 2.34. The van der Waals surface area contributed by atoms with Crippen LogP contribution in [-0.4, -0.2) is 88.9 Å². The maximum atomic E-state index is 12.9. The third kappa shape index (κ3) is 6.54. The van der Waals surface area contributed by atoms with Crippen LogP contribution in [0.4, 0.5) is 5.69 Å². The van der Waals surface area contributed by atoms with E-state index in [-0.39, 0.29) is 10.8 Å². The molecule has 4 heterocycles. The van der Waals surface area contributed by atoms with Gasteiger partial charge >= 0.3 is 11.9 Å². The molecular formula is C25H25N5O7S2. The number of piperazine rings is 1. The summed E-state index contributed by atoms with van der Waals surface area (Å²) in [6.45, 7) is 2.31. The van der Waals surface area contributed by atoms with Crippen molar-refractivity contribution < 1.29 is 33.0 Å². The number of thiazole rings is 1. The van der Waals surface area contributed by atoms with Crippen molar-refractivity contribution in [1.29, 1.82) is 0 Å². The Bertz CT molecular complexity index is 1480. The minimum absolute atomic E-state index is 0.149. The number of sulfonamides is 1. The molecule has 3 N–H and O–H groups in total. The number of nitrogens with zero attached hydrogens (tertiary/aromatic N) is 4. The van der Waals surface area contributed by atoms with Crippen LogP contribution in [0.15, 0.2) is 64.5 Å². The summed E-state index contributed by atoms with van der Waals surface area (Å²) in [6.07, 6.45) is 2.48. The van der Waals surface area contributed by atoms with Crippen molar-refractivity contribution in [2.24, 2.45) is 0 Å². The number of carboxylic acid groups (broad SMARTS) is 2. The van der Waals surface area contributed by atoms with E-state index < -0.39 is 27.9 Å². The molecule has 39 heavy (non-hydrogen) atoms. The van der Waals surface area contributed by atoms with E-state index in [0.717, 1.165) is 22.5 Å². The van der Waals surface area contributed by atoms with E-state index in [1.54, 1.807) is 17.6 Å². The highest BCUT2D eigenvalue weighted by atomic mass is 32.2. The van der Waals surface area contributed by atoms with Crippen LogP contribution >= 0.6 is 11.3 Å². The molecular weight excluding hydrogens is 546 g/mol. The summed E-state index contributed by atoms with van der Waals surface area (Å²) in [4.78, 5) is 42.8. The highest BCUT2D eigenvalue weighted by molar-refractivity contribution is 7.89. The molecule has 0 spiro atoms. The lowest BCUT2D eigenvalue weighted by molar-refractivity contribution is -0.134. The largest absolute Gasteiger partial charge is 0.478 e. The van der Waals surface area contributed by atoms with Crippen LogP contribution < -0.4 is 5.32 Å². The third-order valence-corrected chi connectivity index (χ3v) is 8.60. The van der Waals surface area contributed by atoms with E-state index in [4.69, 9.17) is 10.2 Å². The molecule has 2 aliphatic rings. The van der Waals surface area contributed by atoms with Gasteiger partial charge in [-0.25, -0.2) is 23.0 Å². The molecule has 1 saturated heterocycles. The second kappa shape index (κ2) is 11.8. The number of hydrogen-bond acceptors (Lipinski definition) is 9. The van der Waals surface area contributed by atoms with Crippen LogP contribution in [0.2, 0.25) is 0 Å². The van der Waals surface area contributed by atoms with Crippen molar-refractivity contribution >= 4 is 44.9 Å². The molecule has 5 rings (SSSR count). The molecule has 12 nitrogen and oxygen atoms in total. The van der Waals surface area contributed by atoms with Crippen molar-refractivity contribution in [3.8, 4) is 11.3 Å². The van der Waals surface area contributed by atoms with Crippen molar-refractivity contribution in [3.05, 3.63) is 70.8 Å². The number of nitrogens with one attached hydrogen (secondary N) is 1. The fraction of sp³-hybridized carbons (Fsp3) is 0.240. The molecule has 0 saturated carbocycles. The first kappa shape index (κ1) is 28.0. The average Bonchev–Trinajstić information content (AvgIpc) is 3.55. The van der Waals surface area contributed by atoms with Gasteiger partial charge in [0.1, 0.15) is 10.8 Å². The number of amides is 1. The molecule has 2 aliphatic heterocycles. The summed E-state index contributed by atoms with van der Waals surface area (Å²) in [7, 11) is -1.62. The van der Waals surface area contributed by atoms with Crippen molar-refractivity contribution in [3.63, 3.8) is 0 Å². The van der Waals surface area contributed by atoms with Crippen LogP contribution in [-0.2, 0) is 24.4 Å². The fourth-order valence-corrected chi connectivity index (χ4v) is 6.03. The van der Waals surface area contributed by atoms with E-state index in [0.29, 0.717) is 44.0 Å². The zero-order valence-electron chi connectivity index (χ0n) is 20.7. The lowest BCUT2D eigenvalue weighted by atomic mass is 9.94. The average molecular weight is 572 g/mol. The number of carbonyl (C=O) groups is 3. The molecule has 0 aliphatic carbocycles. The molecule has 0 bridgehead atoms. The molecule has 3 aromatic rings. The van der Waals surface area contributed by atoms with Gasteiger partial charge in [-0.15, -0.1) is 11.3 Å². The van der Waals surface area contributed by atoms with Gasteiger partial charge in [0.2, 0.25) is 15.9 Å². The standard InChI is InChI=1S/C21H21N5O3S2.C4H4O4/c1-25-6-8-26(9-7-25)31(28,29)15-3-5-18(22-11-15)20-16-10-14(19-12-30-13-23-19)2-4-17(16)24-21(20)27;5-3(6)1-2-4(7)8/h2-5,10-13,20H,6-9H2,1H3,(H,24,27);1-2H,(H,5,6)(H,7,8)/b;2-1+. The SMILES string of the molecule is CN1CCN(S(=O)(=O)c2ccc(C3C(=O)Nc4ccc(-c5cscn5)cc43)nc2)CC1.O=C(O)/C=C/C(=O)O. The molecule has 14 heteroatoms. The van der Waals surface area contributed by atoms with Gasteiger partial charge in [0.05, 0.1) is 16.9 Å². The van der Waals surface area contributed by atoms with Gasteiger partial charge in [-0.2, -0.15) is 4.31 Å². The Balaban J connectivity index is 0.000000386. The van der Waals surface area contributed by atoms with E-state index >= 15 is 0 Å². The molecule has 1 aromatic carbocycles. The zero-order chi connectivity index (χ0) is 28.2. The van der Waals surface area contributed by atoms with E-state index in [9.17, 15) is 22.8 Å². The van der Waals surface area contributed by atoms with Gasteiger partial charge in [-0.05, 0) is 36.9 Å². The normalized spacial score (nSPS) is 17.8. The Kier molecular flexibility index (Phi) is 8.50. The minimum Gasteiger partial charge on any atom is -0.478 e. The molecule has 1 atom stereocenters. The minimum atomic E-state index is -3.60. The van der Waals surface area contributed by atoms with Crippen molar-refractivity contribution in [2.75, 3.05) is 38.5 Å². The quantitative estimate of drug-likeness (QED) is 0.372. The number of anilines is 1. The van der Waals surface area contributed by atoms with Gasteiger partial charge < -0.3 is 20.4 Å². The van der Waals surface area contributed by atoms with Crippen LogP contribution in [0, 0.1) is 0 Å². The summed E-state index contributed by atoms with van der Waals surface area (Å²) in [6, 6.07) is 8.93. The van der Waals surface area contributed by atoms with Crippen molar-refractivity contribution in [1.82, 2.24) is 19.2 Å². The number of carboxylic acids is 2. The van der Waals surface area contributed by atoms with Gasteiger partial charge in [0, 0.05) is 61.2 Å². The first-order valence-corrected chi connectivity index (χ1v) is 14.1. The Morgan fingerprint density at radius 3 is 2.31 bits per heavy atom. The van der Waals surface area contributed by atoms with E-state index in [2.05, 4.69) is 20.2 Å². The fourth-order valence-electron chi connectivity index (χ4n) is 4.10. The molecule has 204 valence electrons. The van der Waals surface area contributed by atoms with Gasteiger partial charge in [-0.1, -0.05) is 6.07 Å². The molecule has 1 unspecified atom stereocenters. The van der Waals surface area contributed by atoms with Crippen LogP contribution in [0.1, 0.15) is 17.2 Å². The summed E-state index contributed by atoms with van der Waals surface area (Å²) in [5.74, 6) is -3.28.